The summed E-state index contributed by atoms with van der Waals surface area (Å²) in [5, 5.41) is 39.4. The van der Waals surface area contributed by atoms with Crippen LogP contribution in [-0.4, -0.2) is 45.3 Å². The number of fused-ring (bicyclic) bond motifs is 7. The van der Waals surface area contributed by atoms with Gasteiger partial charge in [0.2, 0.25) is 0 Å². The Labute approximate surface area is 244 Å². The lowest BCUT2D eigenvalue weighted by atomic mass is 9.34. The van der Waals surface area contributed by atoms with Crippen molar-refractivity contribution in [1.29, 1.82) is 0 Å². The summed E-state index contributed by atoms with van der Waals surface area (Å²) in [6, 6.07) is 0. The van der Waals surface area contributed by atoms with Gasteiger partial charge >= 0.3 is 0 Å². The van der Waals surface area contributed by atoms with Gasteiger partial charge < -0.3 is 20.4 Å². The monoisotopic (exact) mass is 556 g/mol. The molecule has 0 heterocycles. The van der Waals surface area contributed by atoms with E-state index in [0.717, 1.165) is 12.3 Å². The van der Waals surface area contributed by atoms with Crippen LogP contribution in [0.5, 0.6) is 0 Å². The third-order valence-electron chi connectivity index (χ3n) is 15.0. The standard InChI is InChI=1S/C36H60O4/c1-22(9-10-26(38)31(40)27(39)21-37)24-14-18-33(5)25(24)15-19-35(7)29(33)11-12-30-34(6)17-13-23(2)32(3,4)28(34)16-20-36(30,35)8/h11-12,16,20,22-31,37-40H,9-10,13-15,17-19,21H2,1-8H3/t22-,23+,24-,25+,26-,27-,28-,29-,30-,31-,33+,34+,35-,36-/m1/s1. The van der Waals surface area contributed by atoms with Crippen molar-refractivity contribution in [2.24, 2.45) is 68.5 Å². The zero-order chi connectivity index (χ0) is 29.5. The summed E-state index contributed by atoms with van der Waals surface area (Å²) in [6.07, 6.45) is 16.2. The largest absolute Gasteiger partial charge is 0.394 e. The van der Waals surface area contributed by atoms with E-state index in [1.54, 1.807) is 0 Å². The second-order valence-corrected chi connectivity index (χ2v) is 16.9. The molecule has 4 N–H and O–H groups in total. The van der Waals surface area contributed by atoms with E-state index in [1.165, 1.54) is 38.5 Å². The predicted octanol–water partition coefficient (Wildman–Crippen LogP) is 6.77. The first-order chi connectivity index (χ1) is 18.6. The van der Waals surface area contributed by atoms with Crippen LogP contribution in [0.2, 0.25) is 0 Å². The summed E-state index contributed by atoms with van der Waals surface area (Å²) >= 11 is 0. The van der Waals surface area contributed by atoms with Gasteiger partial charge in [-0.25, -0.2) is 0 Å². The van der Waals surface area contributed by atoms with E-state index in [0.29, 0.717) is 52.8 Å². The average Bonchev–Trinajstić information content (AvgIpc) is 3.26. The molecule has 0 saturated heterocycles. The molecule has 14 atom stereocenters. The molecule has 3 fully saturated rings. The highest BCUT2D eigenvalue weighted by Crippen LogP contribution is 2.75. The van der Waals surface area contributed by atoms with Crippen molar-refractivity contribution in [3.63, 3.8) is 0 Å². The van der Waals surface area contributed by atoms with Gasteiger partial charge in [-0.05, 0) is 120 Å². The van der Waals surface area contributed by atoms with Crippen molar-refractivity contribution < 1.29 is 20.4 Å². The number of aliphatic hydroxyl groups excluding tert-OH is 4. The van der Waals surface area contributed by atoms with Gasteiger partial charge in [-0.1, -0.05) is 79.7 Å². The van der Waals surface area contributed by atoms with E-state index in [4.69, 9.17) is 5.11 Å². The maximum Gasteiger partial charge on any atom is 0.108 e. The zero-order valence-electron chi connectivity index (χ0n) is 26.7. The minimum Gasteiger partial charge on any atom is -0.394 e. The SMILES string of the molecule is C[C@H](CC[C@@H](O)[C@@H](O)[C@H](O)CO)[C@H]1CC[C@]2(C)[C@H]3C=C[C@@H]4[C@@]5(C)CC[C@H](C)C(C)(C)[C@H]5C=C[C@@]4(C)[C@]3(C)CC[C@@H]12. The topological polar surface area (TPSA) is 80.9 Å². The number of allylic oxidation sites excluding steroid dienone is 4. The maximum absolute atomic E-state index is 10.4. The molecule has 3 saturated carbocycles. The van der Waals surface area contributed by atoms with Crippen LogP contribution >= 0.6 is 0 Å². The molecule has 5 aliphatic carbocycles. The molecule has 0 aromatic rings. The first-order valence-corrected chi connectivity index (χ1v) is 16.6. The summed E-state index contributed by atoms with van der Waals surface area (Å²) < 4.78 is 0. The Balaban J connectivity index is 1.38. The summed E-state index contributed by atoms with van der Waals surface area (Å²) in [4.78, 5) is 0. The summed E-state index contributed by atoms with van der Waals surface area (Å²) in [5.41, 5.74) is 1.33. The van der Waals surface area contributed by atoms with Gasteiger partial charge in [-0.3, -0.25) is 0 Å². The summed E-state index contributed by atoms with van der Waals surface area (Å²) in [5.74, 6) is 4.31. The highest BCUT2D eigenvalue weighted by atomic mass is 16.4. The minimum atomic E-state index is -1.29. The Hall–Kier alpha value is -0.680. The second-order valence-electron chi connectivity index (χ2n) is 16.9. The average molecular weight is 557 g/mol. The Morgan fingerprint density at radius 3 is 2.08 bits per heavy atom. The van der Waals surface area contributed by atoms with E-state index < -0.39 is 24.9 Å². The summed E-state index contributed by atoms with van der Waals surface area (Å²) in [7, 11) is 0. The Kier molecular flexibility index (Phi) is 7.85. The predicted molar refractivity (Wildman–Crippen MR) is 162 cm³/mol. The maximum atomic E-state index is 10.4. The van der Waals surface area contributed by atoms with E-state index in [-0.39, 0.29) is 16.2 Å². The fourth-order valence-electron chi connectivity index (χ4n) is 11.8. The Morgan fingerprint density at radius 2 is 1.40 bits per heavy atom. The molecule has 5 rings (SSSR count). The van der Waals surface area contributed by atoms with Crippen molar-refractivity contribution in [3.05, 3.63) is 24.3 Å². The van der Waals surface area contributed by atoms with Gasteiger partial charge in [0.05, 0.1) is 12.7 Å². The third kappa shape index (κ3) is 4.20. The van der Waals surface area contributed by atoms with Crippen molar-refractivity contribution in [3.8, 4) is 0 Å². The molecule has 0 radical (unpaired) electrons. The minimum absolute atomic E-state index is 0.166. The molecule has 0 aromatic carbocycles. The lowest BCUT2D eigenvalue weighted by Gasteiger charge is -2.69. The number of hydrogen-bond donors (Lipinski definition) is 4. The normalized spacial score (nSPS) is 50.2. The first-order valence-electron chi connectivity index (χ1n) is 16.6. The van der Waals surface area contributed by atoms with Crippen molar-refractivity contribution in [2.45, 2.75) is 125 Å². The fraction of sp³-hybridized carbons (Fsp3) is 0.889. The van der Waals surface area contributed by atoms with Crippen molar-refractivity contribution in [2.75, 3.05) is 6.61 Å². The van der Waals surface area contributed by atoms with Gasteiger partial charge in [0, 0.05) is 0 Å². The van der Waals surface area contributed by atoms with Crippen LogP contribution in [0.15, 0.2) is 24.3 Å². The second kappa shape index (κ2) is 10.2. The van der Waals surface area contributed by atoms with E-state index >= 15 is 0 Å². The highest BCUT2D eigenvalue weighted by molar-refractivity contribution is 5.33. The van der Waals surface area contributed by atoms with Crippen LogP contribution in [0.3, 0.4) is 0 Å². The number of rotatable bonds is 7. The molecule has 4 heteroatoms. The van der Waals surface area contributed by atoms with Crippen LogP contribution in [-0.2, 0) is 0 Å². The molecule has 0 amide bonds. The Bertz CT molecular complexity index is 1000. The number of hydrogen-bond acceptors (Lipinski definition) is 4. The molecular formula is C36H60O4. The van der Waals surface area contributed by atoms with E-state index in [1.807, 2.05) is 0 Å². The van der Waals surface area contributed by atoms with Gasteiger partial charge in [-0.2, -0.15) is 0 Å². The molecule has 0 unspecified atom stereocenters. The first kappa shape index (κ1) is 30.8. The van der Waals surface area contributed by atoms with Gasteiger partial charge in [-0.15, -0.1) is 0 Å². The quantitative estimate of drug-likeness (QED) is 0.261. The lowest BCUT2D eigenvalue weighted by Crippen LogP contribution is -2.63. The highest BCUT2D eigenvalue weighted by Gasteiger charge is 2.68. The molecule has 4 nitrogen and oxygen atoms in total. The fourth-order valence-corrected chi connectivity index (χ4v) is 11.8. The van der Waals surface area contributed by atoms with Crippen molar-refractivity contribution in [1.82, 2.24) is 0 Å². The number of aliphatic hydroxyl groups is 4. The zero-order valence-corrected chi connectivity index (χ0v) is 26.7. The van der Waals surface area contributed by atoms with Crippen LogP contribution in [0.25, 0.3) is 0 Å². The molecule has 5 aliphatic rings. The summed E-state index contributed by atoms with van der Waals surface area (Å²) in [6.45, 7) is 19.8. The van der Waals surface area contributed by atoms with Crippen molar-refractivity contribution >= 4 is 0 Å². The smallest absolute Gasteiger partial charge is 0.108 e. The Morgan fingerprint density at radius 1 is 0.750 bits per heavy atom. The molecule has 0 aromatic heterocycles. The molecule has 0 bridgehead atoms. The van der Waals surface area contributed by atoms with Crippen LogP contribution in [0, 0.1) is 68.5 Å². The van der Waals surface area contributed by atoms with Gasteiger partial charge in [0.15, 0.2) is 0 Å². The van der Waals surface area contributed by atoms with Crippen LogP contribution in [0.4, 0.5) is 0 Å². The van der Waals surface area contributed by atoms with Gasteiger partial charge in [0.25, 0.3) is 0 Å². The molecule has 0 aliphatic heterocycles. The van der Waals surface area contributed by atoms with E-state index in [2.05, 4.69) is 79.7 Å². The lowest BCUT2D eigenvalue weighted by molar-refractivity contribution is -0.155. The molecule has 40 heavy (non-hydrogen) atoms. The molecule has 0 spiro atoms. The van der Waals surface area contributed by atoms with Gasteiger partial charge in [0.1, 0.15) is 12.2 Å². The third-order valence-corrected chi connectivity index (χ3v) is 15.0. The van der Waals surface area contributed by atoms with E-state index in [9.17, 15) is 15.3 Å². The molecule has 228 valence electrons. The van der Waals surface area contributed by atoms with Crippen LogP contribution in [0.1, 0.15) is 107 Å². The molecular weight excluding hydrogens is 496 g/mol. The van der Waals surface area contributed by atoms with Crippen LogP contribution < -0.4 is 0 Å².